The molecule has 0 radical (unpaired) electrons. The minimum atomic E-state index is 0.190. The van der Waals surface area contributed by atoms with Gasteiger partial charge < -0.3 is 5.11 Å². The molecular weight excluding hydrogens is 160 g/mol. The smallest absolute Gasteiger partial charge is 0.0639 e. The Kier molecular flexibility index (Phi) is 8.08. The van der Waals surface area contributed by atoms with Crippen LogP contribution in [0.15, 0.2) is 11.6 Å². The van der Waals surface area contributed by atoms with Crippen LogP contribution >= 0.6 is 11.6 Å². The second-order valence-corrected chi connectivity index (χ2v) is 3.12. The van der Waals surface area contributed by atoms with Gasteiger partial charge in [0, 0.05) is 5.88 Å². The van der Waals surface area contributed by atoms with Crippen LogP contribution in [0.4, 0.5) is 0 Å². The van der Waals surface area contributed by atoms with E-state index >= 15 is 0 Å². The van der Waals surface area contributed by atoms with Crippen LogP contribution in [-0.4, -0.2) is 17.6 Å². The molecule has 0 aromatic carbocycles. The Hall–Kier alpha value is -0.0100. The second kappa shape index (κ2) is 8.09. The fourth-order valence-corrected chi connectivity index (χ4v) is 1.02. The lowest BCUT2D eigenvalue weighted by molar-refractivity contribution is 0.331. The second-order valence-electron chi connectivity index (χ2n) is 2.75. The SMILES string of the molecule is C/C(=C\CCCCCCl)CO. The molecule has 0 aliphatic rings. The number of unbranched alkanes of at least 4 members (excludes halogenated alkanes) is 3. The van der Waals surface area contributed by atoms with Gasteiger partial charge in [0.05, 0.1) is 6.61 Å². The lowest BCUT2D eigenvalue weighted by Crippen LogP contribution is -1.84. The van der Waals surface area contributed by atoms with E-state index in [0.29, 0.717) is 0 Å². The molecule has 2 heteroatoms. The van der Waals surface area contributed by atoms with Gasteiger partial charge in [-0.15, -0.1) is 11.6 Å². The summed E-state index contributed by atoms with van der Waals surface area (Å²) in [7, 11) is 0. The van der Waals surface area contributed by atoms with E-state index in [1.165, 1.54) is 12.8 Å². The fourth-order valence-electron chi connectivity index (χ4n) is 0.829. The molecule has 0 fully saturated rings. The summed E-state index contributed by atoms with van der Waals surface area (Å²) in [5.41, 5.74) is 1.07. The molecule has 0 saturated heterocycles. The Morgan fingerprint density at radius 1 is 1.36 bits per heavy atom. The molecule has 0 heterocycles. The van der Waals surface area contributed by atoms with Crippen molar-refractivity contribution in [2.24, 2.45) is 0 Å². The molecule has 0 aliphatic carbocycles. The van der Waals surface area contributed by atoms with Crippen molar-refractivity contribution in [1.29, 1.82) is 0 Å². The number of hydrogen-bond donors (Lipinski definition) is 1. The van der Waals surface area contributed by atoms with E-state index in [2.05, 4.69) is 6.08 Å². The largest absolute Gasteiger partial charge is 0.392 e. The van der Waals surface area contributed by atoms with Crippen LogP contribution in [0.5, 0.6) is 0 Å². The van der Waals surface area contributed by atoms with E-state index < -0.39 is 0 Å². The summed E-state index contributed by atoms with van der Waals surface area (Å²) < 4.78 is 0. The molecule has 0 amide bonds. The minimum Gasteiger partial charge on any atom is -0.392 e. The molecule has 0 aromatic heterocycles. The van der Waals surface area contributed by atoms with Crippen molar-refractivity contribution < 1.29 is 5.11 Å². The Balaban J connectivity index is 3.12. The summed E-state index contributed by atoms with van der Waals surface area (Å²) in [4.78, 5) is 0. The third kappa shape index (κ3) is 7.89. The van der Waals surface area contributed by atoms with Gasteiger partial charge in [-0.3, -0.25) is 0 Å². The van der Waals surface area contributed by atoms with Crippen molar-refractivity contribution in [1.82, 2.24) is 0 Å². The molecule has 66 valence electrons. The van der Waals surface area contributed by atoms with Gasteiger partial charge in [0.2, 0.25) is 0 Å². The lowest BCUT2D eigenvalue weighted by atomic mass is 10.1. The summed E-state index contributed by atoms with van der Waals surface area (Å²) in [5, 5.41) is 8.65. The number of alkyl halides is 1. The first-order valence-corrected chi connectivity index (χ1v) is 4.67. The molecular formula is C9H17ClO. The average Bonchev–Trinajstić information content (AvgIpc) is 2.04. The maximum Gasteiger partial charge on any atom is 0.0639 e. The topological polar surface area (TPSA) is 20.2 Å². The van der Waals surface area contributed by atoms with Crippen molar-refractivity contribution in [2.45, 2.75) is 32.6 Å². The van der Waals surface area contributed by atoms with Crippen LogP contribution in [0, 0.1) is 0 Å². The molecule has 0 bridgehead atoms. The van der Waals surface area contributed by atoms with Gasteiger partial charge in [-0.2, -0.15) is 0 Å². The van der Waals surface area contributed by atoms with Crippen molar-refractivity contribution in [3.63, 3.8) is 0 Å². The van der Waals surface area contributed by atoms with Gasteiger partial charge in [-0.05, 0) is 26.2 Å². The van der Waals surface area contributed by atoms with Crippen LogP contribution in [0.3, 0.4) is 0 Å². The van der Waals surface area contributed by atoms with Gasteiger partial charge >= 0.3 is 0 Å². The van der Waals surface area contributed by atoms with E-state index in [-0.39, 0.29) is 6.61 Å². The highest BCUT2D eigenvalue weighted by atomic mass is 35.5. The number of halogens is 1. The molecule has 11 heavy (non-hydrogen) atoms. The average molecular weight is 177 g/mol. The lowest BCUT2D eigenvalue weighted by Gasteiger charge is -1.95. The molecule has 0 saturated carbocycles. The highest BCUT2D eigenvalue weighted by molar-refractivity contribution is 6.17. The summed E-state index contributed by atoms with van der Waals surface area (Å²) in [6.45, 7) is 2.14. The molecule has 0 spiro atoms. The summed E-state index contributed by atoms with van der Waals surface area (Å²) in [6, 6.07) is 0. The molecule has 0 aromatic rings. The van der Waals surface area contributed by atoms with Crippen molar-refractivity contribution in [3.8, 4) is 0 Å². The first-order chi connectivity index (χ1) is 5.31. The van der Waals surface area contributed by atoms with E-state index in [4.69, 9.17) is 16.7 Å². The Labute approximate surface area is 74.1 Å². The van der Waals surface area contributed by atoms with Crippen molar-refractivity contribution in [3.05, 3.63) is 11.6 Å². The van der Waals surface area contributed by atoms with Crippen LogP contribution in [0.25, 0.3) is 0 Å². The van der Waals surface area contributed by atoms with Gasteiger partial charge in [-0.25, -0.2) is 0 Å². The zero-order valence-corrected chi connectivity index (χ0v) is 7.90. The van der Waals surface area contributed by atoms with Crippen LogP contribution in [-0.2, 0) is 0 Å². The number of hydrogen-bond acceptors (Lipinski definition) is 1. The monoisotopic (exact) mass is 176 g/mol. The number of aliphatic hydroxyl groups excluding tert-OH is 1. The van der Waals surface area contributed by atoms with Crippen molar-refractivity contribution >= 4 is 11.6 Å². The van der Waals surface area contributed by atoms with E-state index in [0.717, 1.165) is 24.3 Å². The standard InChI is InChI=1S/C9H17ClO/c1-9(8-11)6-4-2-3-5-7-10/h6,11H,2-5,7-8H2,1H3/b9-6+. The van der Waals surface area contributed by atoms with E-state index in [1.54, 1.807) is 0 Å². The fraction of sp³-hybridized carbons (Fsp3) is 0.778. The third-order valence-corrected chi connectivity index (χ3v) is 1.85. The van der Waals surface area contributed by atoms with Crippen molar-refractivity contribution in [2.75, 3.05) is 12.5 Å². The van der Waals surface area contributed by atoms with Gasteiger partial charge in [0.1, 0.15) is 0 Å². The van der Waals surface area contributed by atoms with Gasteiger partial charge in [0.15, 0.2) is 0 Å². The Morgan fingerprint density at radius 2 is 2.09 bits per heavy atom. The maximum absolute atomic E-state index is 8.65. The highest BCUT2D eigenvalue weighted by Gasteiger charge is 1.87. The normalized spacial score (nSPS) is 12.1. The third-order valence-electron chi connectivity index (χ3n) is 1.58. The molecule has 0 rings (SSSR count). The van der Waals surface area contributed by atoms with Gasteiger partial charge in [0.25, 0.3) is 0 Å². The minimum absolute atomic E-state index is 0.190. The predicted octanol–water partition coefficient (Wildman–Crippen LogP) is 2.72. The quantitative estimate of drug-likeness (QED) is 0.375. The molecule has 0 unspecified atom stereocenters. The number of allylic oxidation sites excluding steroid dienone is 1. The van der Waals surface area contributed by atoms with E-state index in [1.807, 2.05) is 6.92 Å². The number of rotatable bonds is 6. The predicted molar refractivity (Wildman–Crippen MR) is 50.0 cm³/mol. The molecule has 1 nitrogen and oxygen atoms in total. The summed E-state index contributed by atoms with van der Waals surface area (Å²) >= 11 is 5.51. The molecule has 0 aliphatic heterocycles. The van der Waals surface area contributed by atoms with E-state index in [9.17, 15) is 0 Å². The highest BCUT2D eigenvalue weighted by Crippen LogP contribution is 2.03. The zero-order chi connectivity index (χ0) is 8.53. The van der Waals surface area contributed by atoms with Crippen LogP contribution < -0.4 is 0 Å². The number of aliphatic hydroxyl groups is 1. The first-order valence-electron chi connectivity index (χ1n) is 4.13. The maximum atomic E-state index is 8.65. The van der Waals surface area contributed by atoms with Crippen LogP contribution in [0.2, 0.25) is 0 Å². The Morgan fingerprint density at radius 3 is 2.64 bits per heavy atom. The molecule has 1 N–H and O–H groups in total. The summed E-state index contributed by atoms with van der Waals surface area (Å²) in [6.07, 6.45) is 6.65. The van der Waals surface area contributed by atoms with Crippen LogP contribution in [0.1, 0.15) is 32.6 Å². The van der Waals surface area contributed by atoms with Gasteiger partial charge in [-0.1, -0.05) is 18.1 Å². The molecule has 0 atom stereocenters. The zero-order valence-electron chi connectivity index (χ0n) is 7.15. The first kappa shape index (κ1) is 11.0. The Bertz CT molecular complexity index is 110. The summed E-state index contributed by atoms with van der Waals surface area (Å²) in [5.74, 6) is 0.767.